The van der Waals surface area contributed by atoms with Crippen LogP contribution in [-0.2, 0) is 19.4 Å². The van der Waals surface area contributed by atoms with Gasteiger partial charge in [-0.05, 0) is 75.1 Å². The van der Waals surface area contributed by atoms with Crippen molar-refractivity contribution in [2.75, 3.05) is 49.5 Å². The second-order valence-electron chi connectivity index (χ2n) is 11.5. The number of aryl methyl sites for hydroxylation is 1. The van der Waals surface area contributed by atoms with Crippen LogP contribution in [-0.4, -0.2) is 77.8 Å². The number of anilines is 2. The number of likely N-dealkylation sites (N-methyl/N-ethyl adjacent to an activating group) is 1. The van der Waals surface area contributed by atoms with E-state index >= 15 is 0 Å². The van der Waals surface area contributed by atoms with E-state index in [2.05, 4.69) is 15.1 Å². The Morgan fingerprint density at radius 1 is 1.15 bits per heavy atom. The van der Waals surface area contributed by atoms with Gasteiger partial charge in [-0.3, -0.25) is 0 Å². The quantitative estimate of drug-likeness (QED) is 0.476. The van der Waals surface area contributed by atoms with Gasteiger partial charge < -0.3 is 29.9 Å². The number of fused-ring (bicyclic) bond motifs is 4. The summed E-state index contributed by atoms with van der Waals surface area (Å²) in [5.74, 6) is 0.524. The molecular formula is C31H39FN6O2. The number of aromatic hydroxyl groups is 1. The predicted molar refractivity (Wildman–Crippen MR) is 155 cm³/mol. The van der Waals surface area contributed by atoms with Crippen LogP contribution >= 0.6 is 0 Å². The first kappa shape index (κ1) is 20.7. The predicted octanol–water partition coefficient (Wildman–Crippen LogP) is 4.01. The molecule has 2 N–H and O–H groups in total. The molecule has 2 aromatic carbocycles. The lowest BCUT2D eigenvalue weighted by Crippen LogP contribution is -2.52. The molecule has 3 aromatic rings. The average Bonchev–Trinajstić information content (AvgIpc) is 3.63. The number of rotatable bonds is 6. The van der Waals surface area contributed by atoms with Gasteiger partial charge in [0, 0.05) is 64.6 Å². The summed E-state index contributed by atoms with van der Waals surface area (Å²) in [5.41, 5.74) is 2.94. The highest BCUT2D eigenvalue weighted by Crippen LogP contribution is 2.39. The maximum absolute atomic E-state index is 15.0. The zero-order chi connectivity index (χ0) is 31.7. The number of phenolic OH excluding ortho intramolecular Hbond substituents is 1. The molecule has 5 heterocycles. The third kappa shape index (κ3) is 4.63. The van der Waals surface area contributed by atoms with Gasteiger partial charge in [0.1, 0.15) is 23.9 Å². The van der Waals surface area contributed by atoms with E-state index in [1.54, 1.807) is 18.2 Å². The average molecular weight is 552 g/mol. The lowest BCUT2D eigenvalue weighted by Gasteiger charge is -2.37. The number of hydrogen-bond acceptors (Lipinski definition) is 8. The number of hydrogen-bond donors (Lipinski definition) is 2. The molecule has 4 aliphatic heterocycles. The Balaban J connectivity index is 1.28. The van der Waals surface area contributed by atoms with Crippen molar-refractivity contribution in [3.63, 3.8) is 0 Å². The van der Waals surface area contributed by atoms with E-state index in [0.717, 1.165) is 48.1 Å². The number of ether oxygens (including phenoxy) is 1. The molecule has 2 bridgehead atoms. The number of halogens is 1. The van der Waals surface area contributed by atoms with Crippen molar-refractivity contribution in [2.45, 2.75) is 70.1 Å². The first-order valence-electron chi connectivity index (χ1n) is 17.0. The van der Waals surface area contributed by atoms with Crippen molar-refractivity contribution in [3.05, 3.63) is 46.9 Å². The van der Waals surface area contributed by atoms with E-state index in [-0.39, 0.29) is 24.1 Å². The van der Waals surface area contributed by atoms with Crippen LogP contribution in [0.2, 0.25) is 0 Å². The minimum Gasteiger partial charge on any atom is -0.508 e. The first-order valence-corrected chi connectivity index (χ1v) is 14.5. The number of nitrogens with zero attached hydrogens (tertiary/aromatic N) is 5. The molecule has 3 atom stereocenters. The topological polar surface area (TPSA) is 77.0 Å². The van der Waals surface area contributed by atoms with Crippen molar-refractivity contribution in [2.24, 2.45) is 0 Å². The molecule has 4 aliphatic rings. The van der Waals surface area contributed by atoms with Crippen molar-refractivity contribution < 1.29 is 21.1 Å². The van der Waals surface area contributed by atoms with Gasteiger partial charge in [-0.25, -0.2) is 4.39 Å². The Kier molecular flexibility index (Phi) is 5.34. The highest BCUT2D eigenvalue weighted by molar-refractivity contribution is 5.98. The number of aromatic nitrogens is 2. The Labute approximate surface area is 242 Å². The highest BCUT2D eigenvalue weighted by Gasteiger charge is 2.35. The summed E-state index contributed by atoms with van der Waals surface area (Å²) >= 11 is 0. The molecule has 0 radical (unpaired) electrons. The van der Waals surface area contributed by atoms with E-state index in [4.69, 9.17) is 21.6 Å². The molecule has 0 saturated carbocycles. The van der Waals surface area contributed by atoms with E-state index in [1.165, 1.54) is 11.0 Å². The Morgan fingerprint density at radius 2 is 2.00 bits per heavy atom. The van der Waals surface area contributed by atoms with Crippen LogP contribution in [0.25, 0.3) is 10.8 Å². The fourth-order valence-electron chi connectivity index (χ4n) is 6.95. The van der Waals surface area contributed by atoms with Gasteiger partial charge >= 0.3 is 6.01 Å². The summed E-state index contributed by atoms with van der Waals surface area (Å²) in [7, 11) is 0. The minimum atomic E-state index is -2.44. The van der Waals surface area contributed by atoms with Crippen LogP contribution < -0.4 is 19.9 Å². The van der Waals surface area contributed by atoms with Gasteiger partial charge in [0.2, 0.25) is 0 Å². The van der Waals surface area contributed by atoms with Crippen LogP contribution in [0.3, 0.4) is 0 Å². The first-order chi connectivity index (χ1) is 21.4. The summed E-state index contributed by atoms with van der Waals surface area (Å²) in [6.45, 7) is -0.164. The third-order valence-corrected chi connectivity index (χ3v) is 8.90. The highest BCUT2D eigenvalue weighted by atomic mass is 19.1. The van der Waals surface area contributed by atoms with Crippen LogP contribution in [0.1, 0.15) is 56.3 Å². The zero-order valence-electron chi connectivity index (χ0n) is 27.8. The molecule has 3 fully saturated rings. The number of phenols is 1. The van der Waals surface area contributed by atoms with Gasteiger partial charge in [0.25, 0.3) is 0 Å². The van der Waals surface area contributed by atoms with Gasteiger partial charge in [0.05, 0.1) is 15.0 Å². The Hall–Kier alpha value is -3.17. The molecule has 0 unspecified atom stereocenters. The maximum atomic E-state index is 15.0. The summed E-state index contributed by atoms with van der Waals surface area (Å²) in [4.78, 5) is 15.1. The van der Waals surface area contributed by atoms with Gasteiger partial charge in [-0.15, -0.1) is 0 Å². The molecular weight excluding hydrogens is 507 g/mol. The molecule has 0 amide bonds. The smallest absolute Gasteiger partial charge is 0.318 e. The Morgan fingerprint density at radius 3 is 2.80 bits per heavy atom. The van der Waals surface area contributed by atoms with E-state index in [0.29, 0.717) is 67.8 Å². The van der Waals surface area contributed by atoms with Gasteiger partial charge in [0.15, 0.2) is 0 Å². The molecule has 0 spiro atoms. The normalized spacial score (nSPS) is 27.1. The fraction of sp³-hybridized carbons (Fsp3) is 0.548. The van der Waals surface area contributed by atoms with Crippen molar-refractivity contribution in [3.8, 4) is 11.8 Å². The molecule has 7 rings (SSSR count). The van der Waals surface area contributed by atoms with Gasteiger partial charge in [-0.2, -0.15) is 9.97 Å². The summed E-state index contributed by atoms with van der Waals surface area (Å²) in [6, 6.07) is 6.03. The molecule has 8 nitrogen and oxygen atoms in total. The number of benzene rings is 2. The monoisotopic (exact) mass is 551 g/mol. The molecule has 3 saturated heterocycles. The van der Waals surface area contributed by atoms with Crippen LogP contribution in [0, 0.1) is 5.82 Å². The molecule has 0 aliphatic carbocycles. The van der Waals surface area contributed by atoms with Crippen molar-refractivity contribution >= 4 is 22.3 Å². The summed E-state index contributed by atoms with van der Waals surface area (Å²) in [5, 5.41) is 15.8. The molecule has 212 valence electrons. The third-order valence-electron chi connectivity index (χ3n) is 8.90. The van der Waals surface area contributed by atoms with Crippen LogP contribution in [0.5, 0.6) is 11.8 Å². The standard InChI is InChI=1S/C31H39FN6O2/c1-3-24-26(32)9-6-19-13-23(39)14-28(29(19)24)37-12-10-25-27(17-37)34-31(40-18-22-5-4-11-36(22)2)35-30(25)38-15-20-7-8-21(16-38)33-20/h6,9,13-14,20-22,33,39H,3-5,7-8,10-12,15-18H2,1-2H3/t20-,21+,22-/m0/s1/i2D3,18D2. The lowest BCUT2D eigenvalue weighted by atomic mass is 9.97. The van der Waals surface area contributed by atoms with Crippen molar-refractivity contribution in [1.82, 2.24) is 20.2 Å². The molecule has 9 heteroatoms. The number of piperazine rings is 1. The molecule has 40 heavy (non-hydrogen) atoms. The molecule has 1 aromatic heterocycles. The maximum Gasteiger partial charge on any atom is 0.318 e. The lowest BCUT2D eigenvalue weighted by molar-refractivity contribution is 0.187. The second-order valence-corrected chi connectivity index (χ2v) is 11.5. The number of likely N-dealkylation sites (tertiary alicyclic amines) is 1. The van der Waals surface area contributed by atoms with Crippen LogP contribution in [0.15, 0.2) is 24.3 Å². The second kappa shape index (κ2) is 10.3. The summed E-state index contributed by atoms with van der Waals surface area (Å²) in [6.07, 6.45) is 4.16. The fourth-order valence-corrected chi connectivity index (χ4v) is 6.95. The largest absolute Gasteiger partial charge is 0.508 e. The van der Waals surface area contributed by atoms with Crippen LogP contribution in [0.4, 0.5) is 15.9 Å². The number of nitrogens with one attached hydrogen (secondary N) is 1. The zero-order valence-corrected chi connectivity index (χ0v) is 22.8. The van der Waals surface area contributed by atoms with Gasteiger partial charge in [-0.1, -0.05) is 13.0 Å². The van der Waals surface area contributed by atoms with E-state index in [9.17, 15) is 9.50 Å². The summed E-state index contributed by atoms with van der Waals surface area (Å²) < 4.78 is 62.3. The SMILES string of the molecule is [2H]C([2H])(Oc1nc2c(c(N3C[C@H]4CC[C@@H](C3)N4)n1)CCN(c1cc(O)cc3ccc(F)c(CC)c13)C2)[C@@H]1CCCN1C([2H])([2H])[2H]. The van der Waals surface area contributed by atoms with E-state index < -0.39 is 19.6 Å². The van der Waals surface area contributed by atoms with Crippen molar-refractivity contribution in [1.29, 1.82) is 0 Å². The van der Waals surface area contributed by atoms with E-state index in [1.807, 2.05) is 6.92 Å². The Bertz CT molecular complexity index is 1610. The minimum absolute atomic E-state index is 0.0872.